The number of benzene rings is 2. The minimum Gasteiger partial charge on any atom is -0.493 e. The first-order valence-electron chi connectivity index (χ1n) is 8.11. The average Bonchev–Trinajstić information content (AvgIpc) is 2.70. The van der Waals surface area contributed by atoms with Crippen LogP contribution in [0.5, 0.6) is 11.5 Å². The van der Waals surface area contributed by atoms with Crippen LogP contribution in [-0.4, -0.2) is 35.1 Å². The number of hydrogen-bond donors (Lipinski definition) is 2. The molecule has 27 heavy (non-hydrogen) atoms. The van der Waals surface area contributed by atoms with Crippen LogP contribution in [0.3, 0.4) is 0 Å². The summed E-state index contributed by atoms with van der Waals surface area (Å²) in [4.78, 5) is 12.4. The van der Waals surface area contributed by atoms with E-state index < -0.39 is 10.0 Å². The molecule has 0 spiro atoms. The van der Waals surface area contributed by atoms with Crippen molar-refractivity contribution in [3.05, 3.63) is 66.2 Å². The maximum atomic E-state index is 12.3. The lowest BCUT2D eigenvalue weighted by Crippen LogP contribution is -2.24. The van der Waals surface area contributed by atoms with Gasteiger partial charge < -0.3 is 14.8 Å². The molecule has 0 aliphatic carbocycles. The molecule has 0 atom stereocenters. The highest BCUT2D eigenvalue weighted by Gasteiger charge is 2.14. The molecule has 0 heterocycles. The summed E-state index contributed by atoms with van der Waals surface area (Å²) in [5.74, 6) is 0.869. The molecule has 144 valence electrons. The summed E-state index contributed by atoms with van der Waals surface area (Å²) >= 11 is 0. The maximum Gasteiger partial charge on any atom is 0.251 e. The van der Waals surface area contributed by atoms with Gasteiger partial charge in [0.15, 0.2) is 11.5 Å². The quantitative estimate of drug-likeness (QED) is 0.640. The van der Waals surface area contributed by atoms with Crippen molar-refractivity contribution in [2.24, 2.45) is 0 Å². The fraction of sp³-hybridized carbons (Fsp3) is 0.211. The molecule has 0 bridgehead atoms. The summed E-state index contributed by atoms with van der Waals surface area (Å²) in [5, 5.41) is 2.78. The van der Waals surface area contributed by atoms with Gasteiger partial charge in [0.25, 0.3) is 5.91 Å². The molecule has 2 aromatic rings. The van der Waals surface area contributed by atoms with Crippen molar-refractivity contribution in [1.29, 1.82) is 0 Å². The Morgan fingerprint density at radius 3 is 2.33 bits per heavy atom. The van der Waals surface area contributed by atoms with Crippen molar-refractivity contribution in [3.63, 3.8) is 0 Å². The van der Waals surface area contributed by atoms with Crippen LogP contribution in [-0.2, 0) is 16.6 Å². The molecule has 0 fully saturated rings. The van der Waals surface area contributed by atoms with E-state index in [0.717, 1.165) is 5.56 Å². The van der Waals surface area contributed by atoms with Crippen LogP contribution >= 0.6 is 0 Å². The zero-order valence-electron chi connectivity index (χ0n) is 15.2. The SMILES string of the molecule is C=CCNS(=O)(=O)c1ccc(C(=O)NCc2ccc(OC)c(OC)c2)cc1. The Labute approximate surface area is 159 Å². The standard InChI is InChI=1S/C19H22N2O5S/c1-4-11-21-27(23,24)16-8-6-15(7-9-16)19(22)20-13-14-5-10-17(25-2)18(12-14)26-3/h4-10,12,21H,1,11,13H2,2-3H3,(H,20,22). The Hall–Kier alpha value is -2.84. The van der Waals surface area contributed by atoms with Gasteiger partial charge in [-0.1, -0.05) is 12.1 Å². The van der Waals surface area contributed by atoms with E-state index in [1.54, 1.807) is 26.4 Å². The van der Waals surface area contributed by atoms with E-state index in [1.807, 2.05) is 6.07 Å². The summed E-state index contributed by atoms with van der Waals surface area (Å²) in [7, 11) is -0.520. The van der Waals surface area contributed by atoms with Crippen LogP contribution in [0, 0.1) is 0 Å². The molecule has 0 aliphatic heterocycles. The molecular formula is C19H22N2O5S. The number of hydrogen-bond acceptors (Lipinski definition) is 5. The number of methoxy groups -OCH3 is 2. The first kappa shape index (κ1) is 20.5. The van der Waals surface area contributed by atoms with Crippen LogP contribution in [0.25, 0.3) is 0 Å². The molecule has 0 aliphatic rings. The fourth-order valence-electron chi connectivity index (χ4n) is 2.31. The third kappa shape index (κ3) is 5.32. The van der Waals surface area contributed by atoms with Crippen molar-refractivity contribution in [1.82, 2.24) is 10.0 Å². The third-order valence-corrected chi connectivity index (χ3v) is 5.18. The molecule has 1 amide bonds. The van der Waals surface area contributed by atoms with Crippen molar-refractivity contribution < 1.29 is 22.7 Å². The minimum absolute atomic E-state index is 0.0841. The van der Waals surface area contributed by atoms with Crippen molar-refractivity contribution in [2.45, 2.75) is 11.4 Å². The topological polar surface area (TPSA) is 93.7 Å². The molecule has 2 rings (SSSR count). The first-order chi connectivity index (χ1) is 12.9. The van der Waals surface area contributed by atoms with Gasteiger partial charge in [0.1, 0.15) is 0 Å². The molecule has 0 radical (unpaired) electrons. The Morgan fingerprint density at radius 2 is 1.74 bits per heavy atom. The first-order valence-corrected chi connectivity index (χ1v) is 9.59. The molecule has 0 saturated heterocycles. The second kappa shape index (κ2) is 9.20. The Morgan fingerprint density at radius 1 is 1.07 bits per heavy atom. The average molecular weight is 390 g/mol. The van der Waals surface area contributed by atoms with E-state index in [4.69, 9.17) is 9.47 Å². The molecule has 8 heteroatoms. The van der Waals surface area contributed by atoms with Gasteiger partial charge in [-0.15, -0.1) is 6.58 Å². The molecule has 0 aromatic heterocycles. The van der Waals surface area contributed by atoms with E-state index in [2.05, 4.69) is 16.6 Å². The highest BCUT2D eigenvalue weighted by Crippen LogP contribution is 2.27. The predicted molar refractivity (Wildman–Crippen MR) is 103 cm³/mol. The molecule has 0 saturated carbocycles. The molecule has 7 nitrogen and oxygen atoms in total. The normalized spacial score (nSPS) is 10.9. The summed E-state index contributed by atoms with van der Waals surface area (Å²) < 4.78 is 36.8. The Balaban J connectivity index is 2.03. The van der Waals surface area contributed by atoms with Gasteiger partial charge in [0.05, 0.1) is 19.1 Å². The minimum atomic E-state index is -3.61. The lowest BCUT2D eigenvalue weighted by Gasteiger charge is -2.11. The van der Waals surface area contributed by atoms with Crippen LogP contribution in [0.4, 0.5) is 0 Å². The smallest absolute Gasteiger partial charge is 0.251 e. The summed E-state index contributed by atoms with van der Waals surface area (Å²) in [6.07, 6.45) is 1.45. The van der Waals surface area contributed by atoms with E-state index in [9.17, 15) is 13.2 Å². The van der Waals surface area contributed by atoms with Crippen LogP contribution < -0.4 is 19.5 Å². The number of carbonyl (C=O) groups is 1. The van der Waals surface area contributed by atoms with E-state index in [1.165, 1.54) is 30.3 Å². The van der Waals surface area contributed by atoms with Crippen LogP contribution in [0.2, 0.25) is 0 Å². The van der Waals surface area contributed by atoms with Crippen molar-refractivity contribution in [3.8, 4) is 11.5 Å². The van der Waals surface area contributed by atoms with Gasteiger partial charge in [-0.3, -0.25) is 4.79 Å². The second-order valence-electron chi connectivity index (χ2n) is 5.54. The van der Waals surface area contributed by atoms with Crippen LogP contribution in [0.15, 0.2) is 60.0 Å². The lowest BCUT2D eigenvalue weighted by molar-refractivity contribution is 0.0950. The van der Waals surface area contributed by atoms with Gasteiger partial charge >= 0.3 is 0 Å². The van der Waals surface area contributed by atoms with Gasteiger partial charge in [0, 0.05) is 18.7 Å². The molecule has 0 unspecified atom stereocenters. The Bertz CT molecular complexity index is 908. The number of sulfonamides is 1. The highest BCUT2D eigenvalue weighted by atomic mass is 32.2. The largest absolute Gasteiger partial charge is 0.493 e. The van der Waals surface area contributed by atoms with Gasteiger partial charge in [-0.2, -0.15) is 0 Å². The molecular weight excluding hydrogens is 368 g/mol. The van der Waals surface area contributed by atoms with E-state index >= 15 is 0 Å². The number of carbonyl (C=O) groups excluding carboxylic acids is 1. The summed E-state index contributed by atoms with van der Waals surface area (Å²) in [6, 6.07) is 11.1. The van der Waals surface area contributed by atoms with Crippen molar-refractivity contribution >= 4 is 15.9 Å². The summed E-state index contributed by atoms with van der Waals surface area (Å²) in [5.41, 5.74) is 1.20. The number of amides is 1. The number of ether oxygens (including phenoxy) is 2. The van der Waals surface area contributed by atoms with Gasteiger partial charge in [-0.05, 0) is 42.0 Å². The fourth-order valence-corrected chi connectivity index (χ4v) is 3.31. The Kier molecular flexibility index (Phi) is 6.98. The maximum absolute atomic E-state index is 12.3. The third-order valence-electron chi connectivity index (χ3n) is 3.75. The highest BCUT2D eigenvalue weighted by molar-refractivity contribution is 7.89. The van der Waals surface area contributed by atoms with E-state index in [0.29, 0.717) is 23.6 Å². The molecule has 2 N–H and O–H groups in total. The second-order valence-corrected chi connectivity index (χ2v) is 7.30. The van der Waals surface area contributed by atoms with Gasteiger partial charge in [0.2, 0.25) is 10.0 Å². The van der Waals surface area contributed by atoms with Crippen molar-refractivity contribution in [2.75, 3.05) is 20.8 Å². The molecule has 2 aromatic carbocycles. The number of rotatable bonds is 9. The van der Waals surface area contributed by atoms with Gasteiger partial charge in [-0.25, -0.2) is 13.1 Å². The van der Waals surface area contributed by atoms with E-state index in [-0.39, 0.29) is 17.3 Å². The number of nitrogens with one attached hydrogen (secondary N) is 2. The zero-order valence-corrected chi connectivity index (χ0v) is 16.0. The van der Waals surface area contributed by atoms with Crippen LogP contribution in [0.1, 0.15) is 15.9 Å². The zero-order chi connectivity index (χ0) is 19.9. The summed E-state index contributed by atoms with van der Waals surface area (Å²) in [6.45, 7) is 3.89. The predicted octanol–water partition coefficient (Wildman–Crippen LogP) is 2.10. The monoisotopic (exact) mass is 390 g/mol. The lowest BCUT2D eigenvalue weighted by atomic mass is 10.1.